The quantitative estimate of drug-likeness (QED) is 0.666. The van der Waals surface area contributed by atoms with Crippen LogP contribution in [0.4, 0.5) is 0 Å². The first-order chi connectivity index (χ1) is 5.45. The smallest absolute Gasteiger partial charge is 0.153 e. The topological polar surface area (TPSA) is 34.1 Å². The van der Waals surface area contributed by atoms with Crippen molar-refractivity contribution in [2.75, 3.05) is 5.75 Å². The van der Waals surface area contributed by atoms with E-state index in [1.165, 1.54) is 0 Å². The average molecular weight is 190 g/mol. The molecule has 0 bridgehead atoms. The van der Waals surface area contributed by atoms with Gasteiger partial charge >= 0.3 is 0 Å². The first-order valence-electron chi connectivity index (χ1n) is 4.66. The second-order valence-corrected chi connectivity index (χ2v) is 6.49. The Morgan fingerprint density at radius 3 is 2.17 bits per heavy atom. The molecule has 0 amide bonds. The third kappa shape index (κ3) is 1.82. The molecule has 0 radical (unpaired) electrons. The van der Waals surface area contributed by atoms with Crippen LogP contribution in [0, 0.1) is 11.8 Å². The first-order valence-corrected chi connectivity index (χ1v) is 6.38. The largest absolute Gasteiger partial charge is 0.229 e. The van der Waals surface area contributed by atoms with E-state index in [0.717, 1.165) is 12.8 Å². The Hall–Kier alpha value is -0.0500. The van der Waals surface area contributed by atoms with Gasteiger partial charge < -0.3 is 0 Å². The number of rotatable bonds is 2. The number of hydrogen-bond donors (Lipinski definition) is 0. The lowest BCUT2D eigenvalue weighted by atomic mass is 9.92. The monoisotopic (exact) mass is 190 g/mol. The number of sulfone groups is 1. The molecule has 1 aliphatic rings. The van der Waals surface area contributed by atoms with Crippen LogP contribution in [-0.2, 0) is 9.84 Å². The summed E-state index contributed by atoms with van der Waals surface area (Å²) >= 11 is 0. The van der Waals surface area contributed by atoms with Crippen molar-refractivity contribution in [1.29, 1.82) is 0 Å². The maximum Gasteiger partial charge on any atom is 0.153 e. The fourth-order valence-corrected chi connectivity index (χ4v) is 4.20. The molecule has 0 N–H and O–H groups in total. The van der Waals surface area contributed by atoms with E-state index in [4.69, 9.17) is 0 Å². The predicted molar refractivity (Wildman–Crippen MR) is 50.8 cm³/mol. The minimum Gasteiger partial charge on any atom is -0.229 e. The molecule has 0 spiro atoms. The fourth-order valence-electron chi connectivity index (χ4n) is 1.84. The van der Waals surface area contributed by atoms with Crippen LogP contribution < -0.4 is 0 Å². The van der Waals surface area contributed by atoms with E-state index in [1.807, 2.05) is 0 Å². The van der Waals surface area contributed by atoms with Gasteiger partial charge in [-0.15, -0.1) is 0 Å². The summed E-state index contributed by atoms with van der Waals surface area (Å²) in [5.41, 5.74) is 0. The van der Waals surface area contributed by atoms with Crippen LogP contribution in [0.25, 0.3) is 0 Å². The van der Waals surface area contributed by atoms with Crippen LogP contribution in [0.2, 0.25) is 0 Å². The van der Waals surface area contributed by atoms with Crippen molar-refractivity contribution in [3.05, 3.63) is 0 Å². The molecule has 2 atom stereocenters. The predicted octanol–water partition coefficient (Wildman–Crippen LogP) is 1.86. The Bertz CT molecular complexity index is 241. The van der Waals surface area contributed by atoms with E-state index < -0.39 is 9.84 Å². The Balaban J connectivity index is 2.76. The molecule has 12 heavy (non-hydrogen) atoms. The standard InChI is InChI=1S/C9H18O2S/c1-7(2)8(3)9-5-4-6-12(9,10)11/h7-9H,4-6H2,1-3H3. The van der Waals surface area contributed by atoms with E-state index in [-0.39, 0.29) is 5.25 Å². The fraction of sp³-hybridized carbons (Fsp3) is 1.00. The maximum absolute atomic E-state index is 11.5. The summed E-state index contributed by atoms with van der Waals surface area (Å²) in [6, 6.07) is 0. The highest BCUT2D eigenvalue weighted by molar-refractivity contribution is 7.92. The van der Waals surface area contributed by atoms with Crippen molar-refractivity contribution in [3.63, 3.8) is 0 Å². The third-order valence-electron chi connectivity index (χ3n) is 3.02. The highest BCUT2D eigenvalue weighted by Crippen LogP contribution is 2.30. The molecule has 3 heteroatoms. The summed E-state index contributed by atoms with van der Waals surface area (Å²) in [6.07, 6.45) is 1.74. The molecule has 1 aliphatic heterocycles. The molecule has 0 aromatic rings. The highest BCUT2D eigenvalue weighted by Gasteiger charge is 2.36. The van der Waals surface area contributed by atoms with Gasteiger partial charge in [-0.3, -0.25) is 0 Å². The summed E-state index contributed by atoms with van der Waals surface area (Å²) in [5, 5.41) is -0.0579. The van der Waals surface area contributed by atoms with E-state index in [0.29, 0.717) is 17.6 Å². The molecular weight excluding hydrogens is 172 g/mol. The SMILES string of the molecule is CC(C)C(C)C1CCCS1(=O)=O. The molecule has 0 aromatic heterocycles. The Labute approximate surface area is 75.3 Å². The average Bonchev–Trinajstić information content (AvgIpc) is 2.27. The normalized spacial score (nSPS) is 30.8. The van der Waals surface area contributed by atoms with Crippen molar-refractivity contribution in [1.82, 2.24) is 0 Å². The molecule has 72 valence electrons. The van der Waals surface area contributed by atoms with Crippen molar-refractivity contribution in [2.45, 2.75) is 38.9 Å². The van der Waals surface area contributed by atoms with Gasteiger partial charge in [0.05, 0.1) is 11.0 Å². The zero-order valence-electron chi connectivity index (χ0n) is 8.08. The second-order valence-electron chi connectivity index (χ2n) is 4.15. The van der Waals surface area contributed by atoms with Crippen LogP contribution in [-0.4, -0.2) is 19.4 Å². The van der Waals surface area contributed by atoms with Gasteiger partial charge in [0.15, 0.2) is 9.84 Å². The molecule has 1 rings (SSSR count). The van der Waals surface area contributed by atoms with Crippen molar-refractivity contribution in [2.24, 2.45) is 11.8 Å². The number of hydrogen-bond acceptors (Lipinski definition) is 2. The summed E-state index contributed by atoms with van der Waals surface area (Å²) in [5.74, 6) is 1.20. The van der Waals surface area contributed by atoms with E-state index in [1.54, 1.807) is 0 Å². The van der Waals surface area contributed by atoms with E-state index in [2.05, 4.69) is 20.8 Å². The lowest BCUT2D eigenvalue weighted by molar-refractivity contribution is 0.389. The van der Waals surface area contributed by atoms with Gasteiger partial charge in [-0.2, -0.15) is 0 Å². The minimum absolute atomic E-state index is 0.0579. The summed E-state index contributed by atoms with van der Waals surface area (Å²) in [6.45, 7) is 6.25. The molecule has 2 nitrogen and oxygen atoms in total. The van der Waals surface area contributed by atoms with Crippen molar-refractivity contribution in [3.8, 4) is 0 Å². The van der Waals surface area contributed by atoms with Crippen LogP contribution in [0.3, 0.4) is 0 Å². The molecule has 1 fully saturated rings. The van der Waals surface area contributed by atoms with Crippen molar-refractivity contribution < 1.29 is 8.42 Å². The van der Waals surface area contributed by atoms with Crippen LogP contribution in [0.1, 0.15) is 33.6 Å². The molecule has 2 unspecified atom stereocenters. The minimum atomic E-state index is -2.73. The molecule has 1 saturated heterocycles. The summed E-state index contributed by atoms with van der Waals surface area (Å²) < 4.78 is 23.0. The highest BCUT2D eigenvalue weighted by atomic mass is 32.2. The van der Waals surface area contributed by atoms with Gasteiger partial charge in [0.1, 0.15) is 0 Å². The zero-order chi connectivity index (χ0) is 9.35. The third-order valence-corrected chi connectivity index (χ3v) is 5.46. The van der Waals surface area contributed by atoms with Gasteiger partial charge in [-0.25, -0.2) is 8.42 Å². The first kappa shape index (κ1) is 10.0. The molecule has 1 heterocycles. The second kappa shape index (κ2) is 3.36. The zero-order valence-corrected chi connectivity index (χ0v) is 8.89. The lowest BCUT2D eigenvalue weighted by Gasteiger charge is -2.21. The molecule has 0 saturated carbocycles. The Morgan fingerprint density at radius 2 is 1.83 bits per heavy atom. The lowest BCUT2D eigenvalue weighted by Crippen LogP contribution is -2.27. The molecule has 0 aromatic carbocycles. The summed E-state index contributed by atoms with van der Waals surface area (Å²) in [4.78, 5) is 0. The Kier molecular flexibility index (Phi) is 2.81. The van der Waals surface area contributed by atoms with E-state index >= 15 is 0 Å². The van der Waals surface area contributed by atoms with Gasteiger partial charge in [0.2, 0.25) is 0 Å². The summed E-state index contributed by atoms with van der Waals surface area (Å²) in [7, 11) is -2.73. The van der Waals surface area contributed by atoms with Crippen molar-refractivity contribution >= 4 is 9.84 Å². The van der Waals surface area contributed by atoms with Crippen LogP contribution in [0.15, 0.2) is 0 Å². The molecule has 0 aliphatic carbocycles. The van der Waals surface area contributed by atoms with Crippen LogP contribution >= 0.6 is 0 Å². The maximum atomic E-state index is 11.5. The van der Waals surface area contributed by atoms with Gasteiger partial charge in [-0.05, 0) is 24.7 Å². The van der Waals surface area contributed by atoms with E-state index in [9.17, 15) is 8.42 Å². The van der Waals surface area contributed by atoms with Crippen LogP contribution in [0.5, 0.6) is 0 Å². The van der Waals surface area contributed by atoms with Gasteiger partial charge in [0, 0.05) is 0 Å². The van der Waals surface area contributed by atoms with Gasteiger partial charge in [-0.1, -0.05) is 20.8 Å². The Morgan fingerprint density at radius 1 is 1.25 bits per heavy atom. The molecular formula is C9H18O2S. The van der Waals surface area contributed by atoms with Gasteiger partial charge in [0.25, 0.3) is 0 Å².